The fraction of sp³-hybridized carbons (Fsp3) is 0.897. The number of hydrogen-bond donors (Lipinski definition) is 1. The number of aliphatic hydroxyl groups excluding tert-OH is 1. The van der Waals surface area contributed by atoms with Gasteiger partial charge in [-0.25, -0.2) is 0 Å². The van der Waals surface area contributed by atoms with Crippen LogP contribution in [0.1, 0.15) is 105 Å². The first kappa shape index (κ1) is 22.2. The van der Waals surface area contributed by atoms with E-state index < -0.39 is 0 Å². The molecule has 0 aromatic heterocycles. The fourth-order valence-corrected chi connectivity index (χ4v) is 9.54. The van der Waals surface area contributed by atoms with Gasteiger partial charge >= 0.3 is 0 Å². The van der Waals surface area contributed by atoms with E-state index in [1.807, 2.05) is 0 Å². The van der Waals surface area contributed by atoms with E-state index in [1.165, 1.54) is 38.5 Å². The minimum absolute atomic E-state index is 0.0112. The summed E-state index contributed by atoms with van der Waals surface area (Å²) in [6.45, 7) is 11.9. The molecule has 0 amide bonds. The number of ketones is 1. The van der Waals surface area contributed by atoms with Gasteiger partial charge in [0.2, 0.25) is 0 Å². The number of allylic oxidation sites excluding steroid dienone is 2. The lowest BCUT2D eigenvalue weighted by Crippen LogP contribution is -2.52. The highest BCUT2D eigenvalue weighted by molar-refractivity contribution is 5.92. The molecule has 0 aromatic rings. The third-order valence-corrected chi connectivity index (χ3v) is 11.6. The number of aliphatic hydroxyl groups is 1. The summed E-state index contributed by atoms with van der Waals surface area (Å²) in [6, 6.07) is 0. The molecule has 0 bridgehead atoms. The van der Waals surface area contributed by atoms with Crippen molar-refractivity contribution in [2.75, 3.05) is 0 Å². The van der Waals surface area contributed by atoms with Gasteiger partial charge in [-0.3, -0.25) is 4.79 Å². The maximum atomic E-state index is 12.8. The van der Waals surface area contributed by atoms with Gasteiger partial charge in [0, 0.05) is 6.42 Å². The number of carbonyl (C=O) groups is 1. The minimum Gasteiger partial charge on any atom is -0.393 e. The molecule has 4 fully saturated rings. The Morgan fingerprint density at radius 2 is 1.74 bits per heavy atom. The Hall–Kier alpha value is -0.630. The predicted molar refractivity (Wildman–Crippen MR) is 126 cm³/mol. The molecule has 0 unspecified atom stereocenters. The van der Waals surface area contributed by atoms with Crippen LogP contribution in [0.2, 0.25) is 0 Å². The largest absolute Gasteiger partial charge is 0.393 e. The summed E-state index contributed by atoms with van der Waals surface area (Å²) in [5, 5.41) is 10.3. The molecule has 8 atom stereocenters. The zero-order valence-corrected chi connectivity index (χ0v) is 20.8. The Kier molecular flexibility index (Phi) is 5.32. The van der Waals surface area contributed by atoms with Crippen LogP contribution in [0.25, 0.3) is 0 Å². The van der Waals surface area contributed by atoms with E-state index in [-0.39, 0.29) is 11.5 Å². The molecule has 0 aromatic carbocycles. The maximum Gasteiger partial charge on any atom is 0.143 e. The Balaban J connectivity index is 1.35. The molecule has 2 heteroatoms. The van der Waals surface area contributed by atoms with Crippen molar-refractivity contribution in [3.8, 4) is 0 Å². The lowest BCUT2D eigenvalue weighted by Gasteiger charge is -2.59. The van der Waals surface area contributed by atoms with Crippen molar-refractivity contribution in [3.05, 3.63) is 11.6 Å². The van der Waals surface area contributed by atoms with E-state index in [4.69, 9.17) is 0 Å². The van der Waals surface area contributed by atoms with Crippen molar-refractivity contribution in [2.24, 2.45) is 51.8 Å². The highest BCUT2D eigenvalue weighted by atomic mass is 16.3. The van der Waals surface area contributed by atoms with Gasteiger partial charge in [0.15, 0.2) is 0 Å². The standard InChI is InChI=1S/C29H46O2/c1-18(2)24(30)10-6-19(3)21-8-9-22-20-7-11-25-28(5,23(20)12-14-27(21,22)4)15-13-26(31)29(25)16-17-29/h11,18-24,30H,6-10,12-17H2,1-5H3/t19-,20+,21-,22+,23+,24+,27-,28-/m1/s1. The molecule has 5 aliphatic carbocycles. The highest BCUT2D eigenvalue weighted by Crippen LogP contribution is 2.72. The smallest absolute Gasteiger partial charge is 0.143 e. The van der Waals surface area contributed by atoms with Gasteiger partial charge in [0.05, 0.1) is 11.5 Å². The van der Waals surface area contributed by atoms with Gasteiger partial charge in [-0.1, -0.05) is 46.3 Å². The summed E-state index contributed by atoms with van der Waals surface area (Å²) in [7, 11) is 0. The molecular weight excluding hydrogens is 380 g/mol. The third kappa shape index (κ3) is 3.17. The zero-order valence-electron chi connectivity index (χ0n) is 20.8. The monoisotopic (exact) mass is 426 g/mol. The Morgan fingerprint density at radius 3 is 2.42 bits per heavy atom. The summed E-state index contributed by atoms with van der Waals surface area (Å²) < 4.78 is 0. The van der Waals surface area contributed by atoms with Crippen LogP contribution in [0.3, 0.4) is 0 Å². The number of carbonyl (C=O) groups excluding carboxylic acids is 1. The summed E-state index contributed by atoms with van der Waals surface area (Å²) in [4.78, 5) is 12.8. The van der Waals surface area contributed by atoms with Crippen molar-refractivity contribution < 1.29 is 9.90 Å². The van der Waals surface area contributed by atoms with Crippen LogP contribution in [0.5, 0.6) is 0 Å². The van der Waals surface area contributed by atoms with E-state index in [1.54, 1.807) is 5.57 Å². The van der Waals surface area contributed by atoms with Gasteiger partial charge < -0.3 is 5.11 Å². The number of fused-ring (bicyclic) bond motifs is 6. The van der Waals surface area contributed by atoms with Crippen LogP contribution in [0.15, 0.2) is 11.6 Å². The van der Waals surface area contributed by atoms with Crippen LogP contribution in [-0.4, -0.2) is 17.0 Å². The molecule has 0 aliphatic heterocycles. The Bertz CT molecular complexity index is 761. The van der Waals surface area contributed by atoms with Gasteiger partial charge in [0.1, 0.15) is 5.78 Å². The maximum absolute atomic E-state index is 12.8. The van der Waals surface area contributed by atoms with Crippen molar-refractivity contribution in [1.29, 1.82) is 0 Å². The zero-order chi connectivity index (χ0) is 22.2. The van der Waals surface area contributed by atoms with Crippen LogP contribution < -0.4 is 0 Å². The normalized spacial score (nSPS) is 45.0. The first-order chi connectivity index (χ1) is 14.6. The van der Waals surface area contributed by atoms with Gasteiger partial charge in [0.25, 0.3) is 0 Å². The van der Waals surface area contributed by atoms with Crippen LogP contribution >= 0.6 is 0 Å². The molecule has 4 saturated carbocycles. The lowest BCUT2D eigenvalue weighted by atomic mass is 9.45. The van der Waals surface area contributed by atoms with Crippen molar-refractivity contribution in [1.82, 2.24) is 0 Å². The molecular formula is C29H46O2. The second-order valence-corrected chi connectivity index (χ2v) is 13.2. The predicted octanol–water partition coefficient (Wildman–Crippen LogP) is 6.96. The van der Waals surface area contributed by atoms with Crippen LogP contribution in [0, 0.1) is 51.8 Å². The molecule has 2 nitrogen and oxygen atoms in total. The minimum atomic E-state index is -0.145. The molecule has 0 radical (unpaired) electrons. The molecule has 1 N–H and O–H groups in total. The highest BCUT2D eigenvalue weighted by Gasteiger charge is 2.65. The van der Waals surface area contributed by atoms with E-state index in [0.29, 0.717) is 28.4 Å². The molecule has 31 heavy (non-hydrogen) atoms. The second-order valence-electron chi connectivity index (χ2n) is 13.2. The van der Waals surface area contributed by atoms with Crippen LogP contribution in [-0.2, 0) is 4.79 Å². The molecule has 174 valence electrons. The fourth-order valence-electron chi connectivity index (χ4n) is 9.54. The van der Waals surface area contributed by atoms with Crippen molar-refractivity contribution in [3.63, 3.8) is 0 Å². The van der Waals surface area contributed by atoms with Gasteiger partial charge in [-0.2, -0.15) is 0 Å². The topological polar surface area (TPSA) is 37.3 Å². The second kappa shape index (κ2) is 7.44. The van der Waals surface area contributed by atoms with Gasteiger partial charge in [-0.05, 0) is 111 Å². The van der Waals surface area contributed by atoms with Crippen molar-refractivity contribution in [2.45, 2.75) is 111 Å². The third-order valence-electron chi connectivity index (χ3n) is 11.6. The number of hydrogen-bond acceptors (Lipinski definition) is 2. The van der Waals surface area contributed by atoms with E-state index in [2.05, 4.69) is 40.7 Å². The van der Waals surface area contributed by atoms with Crippen LogP contribution in [0.4, 0.5) is 0 Å². The summed E-state index contributed by atoms with van der Waals surface area (Å²) >= 11 is 0. The summed E-state index contributed by atoms with van der Waals surface area (Å²) in [5.41, 5.74) is 2.35. The lowest BCUT2D eigenvalue weighted by molar-refractivity contribution is -0.128. The molecule has 0 saturated heterocycles. The molecule has 0 heterocycles. The molecule has 1 spiro atoms. The first-order valence-corrected chi connectivity index (χ1v) is 13.6. The number of Topliss-reactive ketones (excluding diaryl/α,β-unsaturated/α-hetero) is 1. The molecule has 5 aliphatic rings. The quantitative estimate of drug-likeness (QED) is 0.483. The van der Waals surface area contributed by atoms with E-state index in [0.717, 1.165) is 55.8 Å². The number of rotatable bonds is 5. The summed E-state index contributed by atoms with van der Waals surface area (Å²) in [5.74, 6) is 4.95. The van der Waals surface area contributed by atoms with Gasteiger partial charge in [-0.15, -0.1) is 0 Å². The molecule has 5 rings (SSSR count). The Labute approximate surface area is 190 Å². The average molecular weight is 427 g/mol. The van der Waals surface area contributed by atoms with E-state index >= 15 is 0 Å². The Morgan fingerprint density at radius 1 is 1.00 bits per heavy atom. The summed E-state index contributed by atoms with van der Waals surface area (Å²) in [6.07, 6.45) is 15.6. The van der Waals surface area contributed by atoms with E-state index in [9.17, 15) is 9.90 Å². The van der Waals surface area contributed by atoms with Crippen molar-refractivity contribution >= 4 is 5.78 Å². The SMILES string of the molecule is CC(C)[C@@H](O)CC[C@@H](C)[C@H]1CC[C@H]2[C@@H]3CC=C4C5(CC5)C(=O)CC[C@]4(C)[C@H]3CC[C@]12C. The average Bonchev–Trinajstić information content (AvgIpc) is 3.44. The first-order valence-electron chi connectivity index (χ1n) is 13.6.